The topological polar surface area (TPSA) is 12.0 Å². The van der Waals surface area contributed by atoms with Crippen molar-refractivity contribution in [2.75, 3.05) is 6.54 Å². The Morgan fingerprint density at radius 3 is 2.53 bits per heavy atom. The Bertz CT molecular complexity index is 367. The average Bonchev–Trinajstić information content (AvgIpc) is 2.30. The van der Waals surface area contributed by atoms with Crippen LogP contribution in [0.15, 0.2) is 24.3 Å². The van der Waals surface area contributed by atoms with Gasteiger partial charge in [-0.2, -0.15) is 0 Å². The third kappa shape index (κ3) is 2.37. The second kappa shape index (κ2) is 5.18. The lowest BCUT2D eigenvalue weighted by atomic mass is 9.59. The Hall–Kier alpha value is -0.890. The van der Waals surface area contributed by atoms with Gasteiger partial charge in [-0.05, 0) is 48.4 Å². The molecule has 1 aliphatic carbocycles. The molecule has 2 heteroatoms. The summed E-state index contributed by atoms with van der Waals surface area (Å²) in [7, 11) is 0. The summed E-state index contributed by atoms with van der Waals surface area (Å²) in [6.07, 6.45) is 1.17. The molecule has 0 heterocycles. The predicted molar refractivity (Wildman–Crippen MR) is 69.6 cm³/mol. The zero-order chi connectivity index (χ0) is 12.4. The molecule has 0 radical (unpaired) electrons. The Balaban J connectivity index is 2.05. The highest BCUT2D eigenvalue weighted by Crippen LogP contribution is 2.47. The maximum Gasteiger partial charge on any atom is 0.123 e. The largest absolute Gasteiger partial charge is 0.313 e. The molecular weight excluding hydrogens is 213 g/mol. The number of hydrogen-bond donors (Lipinski definition) is 1. The van der Waals surface area contributed by atoms with Crippen molar-refractivity contribution in [1.82, 2.24) is 5.32 Å². The first-order chi connectivity index (χ1) is 8.15. The summed E-state index contributed by atoms with van der Waals surface area (Å²) in [5.41, 5.74) is 1.15. The minimum absolute atomic E-state index is 0.119. The van der Waals surface area contributed by atoms with Crippen molar-refractivity contribution in [3.63, 3.8) is 0 Å². The summed E-state index contributed by atoms with van der Waals surface area (Å²) in [4.78, 5) is 0. The molecule has 0 saturated heterocycles. The fourth-order valence-corrected chi connectivity index (χ4v) is 3.26. The molecule has 94 valence electrons. The highest BCUT2D eigenvalue weighted by Gasteiger charge is 2.45. The zero-order valence-corrected chi connectivity index (χ0v) is 10.9. The van der Waals surface area contributed by atoms with Gasteiger partial charge in [0.05, 0.1) is 0 Å². The van der Waals surface area contributed by atoms with E-state index in [0.717, 1.165) is 12.1 Å². The molecule has 17 heavy (non-hydrogen) atoms. The van der Waals surface area contributed by atoms with Crippen molar-refractivity contribution < 1.29 is 4.39 Å². The Labute approximate surface area is 103 Å². The zero-order valence-electron chi connectivity index (χ0n) is 10.9. The van der Waals surface area contributed by atoms with Crippen molar-refractivity contribution in [3.05, 3.63) is 35.6 Å². The van der Waals surface area contributed by atoms with Gasteiger partial charge < -0.3 is 5.32 Å². The number of benzene rings is 1. The quantitative estimate of drug-likeness (QED) is 0.841. The molecule has 1 aliphatic rings. The second-order valence-corrected chi connectivity index (χ2v) is 5.28. The summed E-state index contributed by atoms with van der Waals surface area (Å²) < 4.78 is 13.2. The first kappa shape index (κ1) is 12.6. The normalized spacial score (nSPS) is 32.2. The van der Waals surface area contributed by atoms with Gasteiger partial charge in [0.25, 0.3) is 0 Å². The number of nitrogens with one attached hydrogen (secondary N) is 1. The van der Waals surface area contributed by atoms with Crippen LogP contribution in [0.5, 0.6) is 0 Å². The third-order valence-corrected chi connectivity index (χ3v) is 4.13. The van der Waals surface area contributed by atoms with Gasteiger partial charge in [0.2, 0.25) is 0 Å². The van der Waals surface area contributed by atoms with Crippen molar-refractivity contribution in [3.8, 4) is 0 Å². The molecule has 2 unspecified atom stereocenters. The highest BCUT2D eigenvalue weighted by molar-refractivity contribution is 5.26. The van der Waals surface area contributed by atoms with Gasteiger partial charge in [0.1, 0.15) is 5.82 Å². The molecule has 0 aliphatic heterocycles. The van der Waals surface area contributed by atoms with E-state index in [2.05, 4.69) is 32.2 Å². The average molecular weight is 235 g/mol. The summed E-state index contributed by atoms with van der Waals surface area (Å²) in [6.45, 7) is 7.80. The minimum atomic E-state index is -0.119. The van der Waals surface area contributed by atoms with Gasteiger partial charge in [-0.25, -0.2) is 4.39 Å². The van der Waals surface area contributed by atoms with Crippen molar-refractivity contribution >= 4 is 0 Å². The molecular formula is C15H22FN. The van der Waals surface area contributed by atoms with Crippen LogP contribution < -0.4 is 5.32 Å². The first-order valence-electron chi connectivity index (χ1n) is 6.64. The van der Waals surface area contributed by atoms with E-state index in [0.29, 0.717) is 23.8 Å². The summed E-state index contributed by atoms with van der Waals surface area (Å²) >= 11 is 0. The van der Waals surface area contributed by atoms with Crippen LogP contribution in [0.3, 0.4) is 0 Å². The summed E-state index contributed by atoms with van der Waals surface area (Å²) in [5.74, 6) is 1.57. The molecule has 2 rings (SSSR count). The van der Waals surface area contributed by atoms with E-state index in [1.165, 1.54) is 12.5 Å². The smallest absolute Gasteiger partial charge is 0.123 e. The standard InChI is InChI=1S/C15H22FN/c1-4-8-17-15-10(2)14(11(15)3)12-6-5-7-13(16)9-12/h5-7,9-11,14-15,17H,4,8H2,1-3H3. The lowest BCUT2D eigenvalue weighted by Gasteiger charge is -2.50. The van der Waals surface area contributed by atoms with Crippen LogP contribution >= 0.6 is 0 Å². The van der Waals surface area contributed by atoms with Crippen LogP contribution in [0.4, 0.5) is 4.39 Å². The van der Waals surface area contributed by atoms with Crippen LogP contribution in [-0.2, 0) is 0 Å². The molecule has 0 amide bonds. The van der Waals surface area contributed by atoms with E-state index in [9.17, 15) is 4.39 Å². The minimum Gasteiger partial charge on any atom is -0.313 e. The lowest BCUT2D eigenvalue weighted by Crippen LogP contribution is -2.55. The Morgan fingerprint density at radius 2 is 1.94 bits per heavy atom. The highest BCUT2D eigenvalue weighted by atomic mass is 19.1. The van der Waals surface area contributed by atoms with Gasteiger partial charge in [0, 0.05) is 6.04 Å². The van der Waals surface area contributed by atoms with Crippen LogP contribution in [0.25, 0.3) is 0 Å². The van der Waals surface area contributed by atoms with E-state index in [1.54, 1.807) is 6.07 Å². The number of halogens is 1. The van der Waals surface area contributed by atoms with E-state index in [4.69, 9.17) is 0 Å². The van der Waals surface area contributed by atoms with Crippen LogP contribution in [-0.4, -0.2) is 12.6 Å². The van der Waals surface area contributed by atoms with Crippen LogP contribution in [0.2, 0.25) is 0 Å². The third-order valence-electron chi connectivity index (χ3n) is 4.13. The molecule has 1 aromatic carbocycles. The van der Waals surface area contributed by atoms with Crippen molar-refractivity contribution in [1.29, 1.82) is 0 Å². The monoisotopic (exact) mass is 235 g/mol. The maximum atomic E-state index is 13.2. The molecule has 1 N–H and O–H groups in total. The first-order valence-corrected chi connectivity index (χ1v) is 6.64. The molecule has 2 atom stereocenters. The van der Waals surface area contributed by atoms with Gasteiger partial charge in [-0.15, -0.1) is 0 Å². The van der Waals surface area contributed by atoms with Gasteiger partial charge >= 0.3 is 0 Å². The van der Waals surface area contributed by atoms with Gasteiger partial charge in [-0.1, -0.05) is 32.9 Å². The molecule has 0 spiro atoms. The van der Waals surface area contributed by atoms with E-state index >= 15 is 0 Å². The fraction of sp³-hybridized carbons (Fsp3) is 0.600. The van der Waals surface area contributed by atoms with E-state index < -0.39 is 0 Å². The summed E-state index contributed by atoms with van der Waals surface area (Å²) in [5, 5.41) is 3.59. The SMILES string of the molecule is CCCNC1C(C)C(c2cccc(F)c2)C1C. The van der Waals surface area contributed by atoms with Crippen LogP contribution in [0.1, 0.15) is 38.7 Å². The van der Waals surface area contributed by atoms with Crippen molar-refractivity contribution in [2.45, 2.75) is 39.2 Å². The van der Waals surface area contributed by atoms with Gasteiger partial charge in [-0.3, -0.25) is 0 Å². The molecule has 1 nitrogen and oxygen atoms in total. The lowest BCUT2D eigenvalue weighted by molar-refractivity contribution is 0.0966. The summed E-state index contributed by atoms with van der Waals surface area (Å²) in [6, 6.07) is 7.66. The maximum absolute atomic E-state index is 13.2. The molecule has 1 aromatic rings. The molecule has 1 saturated carbocycles. The molecule has 0 bridgehead atoms. The number of rotatable bonds is 4. The fourth-order valence-electron chi connectivity index (χ4n) is 3.26. The Kier molecular flexibility index (Phi) is 3.82. The molecule has 0 aromatic heterocycles. The predicted octanol–water partition coefficient (Wildman–Crippen LogP) is 3.56. The van der Waals surface area contributed by atoms with Crippen LogP contribution in [0, 0.1) is 17.7 Å². The van der Waals surface area contributed by atoms with Gasteiger partial charge in [0.15, 0.2) is 0 Å². The van der Waals surface area contributed by atoms with Crippen molar-refractivity contribution in [2.24, 2.45) is 11.8 Å². The number of hydrogen-bond acceptors (Lipinski definition) is 1. The van der Waals surface area contributed by atoms with E-state index in [1.807, 2.05) is 6.07 Å². The Morgan fingerprint density at radius 1 is 1.24 bits per heavy atom. The second-order valence-electron chi connectivity index (χ2n) is 5.28. The van der Waals surface area contributed by atoms with E-state index in [-0.39, 0.29) is 5.82 Å². The molecule has 1 fully saturated rings.